The number of carbonyl (C=O) groups excluding carboxylic acids is 1. The Bertz CT molecular complexity index is 223. The molecule has 1 saturated heterocycles. The van der Waals surface area contributed by atoms with Gasteiger partial charge in [-0.2, -0.15) is 0 Å². The molecule has 0 N–H and O–H groups in total. The third-order valence-electron chi connectivity index (χ3n) is 2.68. The van der Waals surface area contributed by atoms with Gasteiger partial charge in [0, 0.05) is 16.9 Å². The number of hydrogen-bond acceptors (Lipinski definition) is 4. The van der Waals surface area contributed by atoms with Gasteiger partial charge in [0.1, 0.15) is 0 Å². The zero-order valence-corrected chi connectivity index (χ0v) is 12.1. The smallest absolute Gasteiger partial charge is 0.306 e. The van der Waals surface area contributed by atoms with Crippen LogP contribution in [0.2, 0.25) is 0 Å². The van der Waals surface area contributed by atoms with E-state index in [9.17, 15) is 4.79 Å². The summed E-state index contributed by atoms with van der Waals surface area (Å²) < 4.78 is 5.55. The average molecular weight is 262 g/mol. The Morgan fingerprint density at radius 2 is 2.19 bits per heavy atom. The fourth-order valence-electron chi connectivity index (χ4n) is 1.74. The summed E-state index contributed by atoms with van der Waals surface area (Å²) in [5.74, 6) is 1.23. The van der Waals surface area contributed by atoms with Gasteiger partial charge in [-0.25, -0.2) is 0 Å². The molecule has 0 saturated carbocycles. The second kappa shape index (κ2) is 6.80. The molecule has 1 rings (SSSR count). The monoisotopic (exact) mass is 262 g/mol. The van der Waals surface area contributed by atoms with Crippen LogP contribution in [-0.2, 0) is 9.53 Å². The topological polar surface area (TPSA) is 26.3 Å². The summed E-state index contributed by atoms with van der Waals surface area (Å²) >= 11 is 0. The third-order valence-corrected chi connectivity index (χ3v) is 6.04. The lowest BCUT2D eigenvalue weighted by Crippen LogP contribution is -2.16. The van der Waals surface area contributed by atoms with Crippen molar-refractivity contribution in [3.63, 3.8) is 0 Å². The van der Waals surface area contributed by atoms with E-state index in [1.165, 1.54) is 18.6 Å². The minimum atomic E-state index is -0.0476. The first-order chi connectivity index (χ1) is 7.52. The van der Waals surface area contributed by atoms with E-state index in [4.69, 9.17) is 4.74 Å². The van der Waals surface area contributed by atoms with Crippen molar-refractivity contribution in [2.45, 2.75) is 63.7 Å². The molecule has 4 heteroatoms. The molecule has 0 radical (unpaired) electrons. The van der Waals surface area contributed by atoms with E-state index in [0.29, 0.717) is 11.2 Å². The van der Waals surface area contributed by atoms with Gasteiger partial charge in [0.05, 0.1) is 6.10 Å². The van der Waals surface area contributed by atoms with Gasteiger partial charge < -0.3 is 4.74 Å². The van der Waals surface area contributed by atoms with Crippen molar-refractivity contribution in [1.82, 2.24) is 0 Å². The highest BCUT2D eigenvalue weighted by Gasteiger charge is 2.29. The Morgan fingerprint density at radius 1 is 1.44 bits per heavy atom. The van der Waals surface area contributed by atoms with Gasteiger partial charge in [-0.15, -0.1) is 0 Å². The Kier molecular flexibility index (Phi) is 6.05. The SMILES string of the molecule is CC(C)OC(=O)CCCCC1(C)CCSS1. The van der Waals surface area contributed by atoms with Crippen LogP contribution in [0.4, 0.5) is 0 Å². The van der Waals surface area contributed by atoms with Gasteiger partial charge in [-0.3, -0.25) is 4.79 Å². The molecular weight excluding hydrogens is 240 g/mol. The van der Waals surface area contributed by atoms with Crippen LogP contribution in [0.5, 0.6) is 0 Å². The number of hydrogen-bond donors (Lipinski definition) is 0. The second-order valence-electron chi connectivity index (χ2n) is 4.85. The van der Waals surface area contributed by atoms with Crippen LogP contribution in [-0.4, -0.2) is 22.6 Å². The minimum Gasteiger partial charge on any atom is -0.463 e. The molecule has 0 aromatic rings. The summed E-state index contributed by atoms with van der Waals surface area (Å²) in [5, 5.41) is 0. The van der Waals surface area contributed by atoms with Crippen molar-refractivity contribution < 1.29 is 9.53 Å². The van der Waals surface area contributed by atoms with Crippen LogP contribution in [0.3, 0.4) is 0 Å². The number of unbranched alkanes of at least 4 members (excludes halogenated alkanes) is 1. The van der Waals surface area contributed by atoms with E-state index in [0.717, 1.165) is 12.8 Å². The van der Waals surface area contributed by atoms with Crippen molar-refractivity contribution in [2.75, 3.05) is 5.75 Å². The minimum absolute atomic E-state index is 0.0202. The maximum absolute atomic E-state index is 11.3. The standard InChI is InChI=1S/C12H22O2S2/c1-10(2)14-11(13)6-4-5-7-12(3)8-9-15-16-12/h10H,4-9H2,1-3H3. The molecule has 0 aromatic heterocycles. The summed E-state index contributed by atoms with van der Waals surface area (Å²) in [5.41, 5.74) is 0. The van der Waals surface area contributed by atoms with Gasteiger partial charge in [-0.05, 0) is 40.0 Å². The summed E-state index contributed by atoms with van der Waals surface area (Å²) in [6.07, 6.45) is 5.22. The van der Waals surface area contributed by atoms with E-state index in [1.807, 2.05) is 35.4 Å². The molecule has 1 aliphatic heterocycles. The highest BCUT2D eigenvalue weighted by atomic mass is 33.1. The highest BCUT2D eigenvalue weighted by Crippen LogP contribution is 2.49. The van der Waals surface area contributed by atoms with Crippen LogP contribution in [0.25, 0.3) is 0 Å². The molecule has 1 aliphatic rings. The van der Waals surface area contributed by atoms with Crippen LogP contribution in [0.1, 0.15) is 52.9 Å². The molecule has 0 bridgehead atoms. The number of carbonyl (C=O) groups is 1. The lowest BCUT2D eigenvalue weighted by molar-refractivity contribution is -0.147. The summed E-state index contributed by atoms with van der Waals surface area (Å²) in [7, 11) is 3.99. The number of rotatable bonds is 6. The normalized spacial score (nSPS) is 25.0. The lowest BCUT2D eigenvalue weighted by Gasteiger charge is -2.20. The molecular formula is C12H22O2S2. The molecule has 1 fully saturated rings. The van der Waals surface area contributed by atoms with E-state index in [1.54, 1.807) is 0 Å². The van der Waals surface area contributed by atoms with Crippen molar-refractivity contribution in [3.05, 3.63) is 0 Å². The summed E-state index contributed by atoms with van der Waals surface area (Å²) in [6.45, 7) is 6.13. The first-order valence-corrected chi connectivity index (χ1v) is 8.34. The van der Waals surface area contributed by atoms with Crippen molar-refractivity contribution >= 4 is 27.6 Å². The molecule has 0 amide bonds. The molecule has 1 heterocycles. The van der Waals surface area contributed by atoms with Gasteiger partial charge in [0.2, 0.25) is 0 Å². The molecule has 2 nitrogen and oxygen atoms in total. The Hall–Kier alpha value is 0.170. The zero-order valence-electron chi connectivity index (χ0n) is 10.5. The summed E-state index contributed by atoms with van der Waals surface area (Å²) in [6, 6.07) is 0. The lowest BCUT2D eigenvalue weighted by atomic mass is 9.99. The molecule has 1 unspecified atom stereocenters. The predicted molar refractivity (Wildman–Crippen MR) is 72.8 cm³/mol. The number of ether oxygens (including phenoxy) is 1. The fourth-order valence-corrected chi connectivity index (χ4v) is 5.04. The predicted octanol–water partition coefficient (Wildman–Crippen LogP) is 4.04. The van der Waals surface area contributed by atoms with Crippen molar-refractivity contribution in [3.8, 4) is 0 Å². The quantitative estimate of drug-likeness (QED) is 0.410. The van der Waals surface area contributed by atoms with Gasteiger partial charge in [0.25, 0.3) is 0 Å². The average Bonchev–Trinajstić information content (AvgIpc) is 2.59. The van der Waals surface area contributed by atoms with E-state index < -0.39 is 0 Å². The fraction of sp³-hybridized carbons (Fsp3) is 0.917. The first-order valence-electron chi connectivity index (χ1n) is 6.02. The molecule has 1 atom stereocenters. The molecule has 16 heavy (non-hydrogen) atoms. The highest BCUT2D eigenvalue weighted by molar-refractivity contribution is 8.77. The van der Waals surface area contributed by atoms with Crippen LogP contribution in [0, 0.1) is 0 Å². The Morgan fingerprint density at radius 3 is 2.75 bits per heavy atom. The van der Waals surface area contributed by atoms with Crippen molar-refractivity contribution in [2.24, 2.45) is 0 Å². The number of esters is 1. The van der Waals surface area contributed by atoms with Gasteiger partial charge in [-0.1, -0.05) is 28.0 Å². The van der Waals surface area contributed by atoms with E-state index in [-0.39, 0.29) is 12.1 Å². The Balaban J connectivity index is 2.05. The summed E-state index contributed by atoms with van der Waals surface area (Å²) in [4.78, 5) is 11.3. The maximum atomic E-state index is 11.3. The first kappa shape index (κ1) is 14.2. The third kappa shape index (κ3) is 5.48. The molecule has 0 aromatic carbocycles. The molecule has 0 aliphatic carbocycles. The van der Waals surface area contributed by atoms with Crippen molar-refractivity contribution in [1.29, 1.82) is 0 Å². The van der Waals surface area contributed by atoms with Crippen LogP contribution < -0.4 is 0 Å². The largest absolute Gasteiger partial charge is 0.463 e. The van der Waals surface area contributed by atoms with Crippen LogP contribution in [0.15, 0.2) is 0 Å². The van der Waals surface area contributed by atoms with E-state index in [2.05, 4.69) is 6.92 Å². The zero-order chi connectivity index (χ0) is 12.0. The van der Waals surface area contributed by atoms with E-state index >= 15 is 0 Å². The van der Waals surface area contributed by atoms with Gasteiger partial charge in [0.15, 0.2) is 0 Å². The molecule has 0 spiro atoms. The van der Waals surface area contributed by atoms with Gasteiger partial charge >= 0.3 is 5.97 Å². The second-order valence-corrected chi connectivity index (χ2v) is 7.85. The van der Waals surface area contributed by atoms with Crippen LogP contribution >= 0.6 is 21.6 Å². The maximum Gasteiger partial charge on any atom is 0.306 e. The molecule has 94 valence electrons. The Labute approximate surface area is 107 Å².